The maximum Gasteiger partial charge on any atom is 0.341 e. The van der Waals surface area contributed by atoms with Crippen LogP contribution in [0.1, 0.15) is 24.2 Å². The number of benzene rings is 2. The lowest BCUT2D eigenvalue weighted by atomic mass is 10.1. The van der Waals surface area contributed by atoms with Crippen LogP contribution < -0.4 is 10.6 Å². The van der Waals surface area contributed by atoms with Crippen LogP contribution in [0.25, 0.3) is 11.3 Å². The van der Waals surface area contributed by atoms with E-state index in [2.05, 4.69) is 15.6 Å². The second kappa shape index (κ2) is 8.53. The number of carbonyl (C=O) groups excluding carboxylic acids is 2. The Morgan fingerprint density at radius 1 is 1.14 bits per heavy atom. The van der Waals surface area contributed by atoms with Gasteiger partial charge in [0.15, 0.2) is 5.13 Å². The quantitative estimate of drug-likeness (QED) is 0.533. The number of ether oxygens (including phenoxy) is 1. The molecule has 7 nitrogen and oxygen atoms in total. The molecule has 0 aliphatic rings. The molecular weight excluding hydrogens is 378 g/mol. The van der Waals surface area contributed by atoms with Gasteiger partial charge in [-0.25, -0.2) is 9.78 Å². The van der Waals surface area contributed by atoms with Gasteiger partial charge in [-0.3, -0.25) is 4.79 Å². The number of anilines is 3. The highest BCUT2D eigenvalue weighted by atomic mass is 32.1. The fourth-order valence-electron chi connectivity index (χ4n) is 2.51. The Hall–Kier alpha value is -3.39. The van der Waals surface area contributed by atoms with Gasteiger partial charge in [-0.05, 0) is 31.2 Å². The molecule has 0 unspecified atom stereocenters. The molecular formula is C20H19N3O4S. The minimum atomic E-state index is -0.564. The number of nitrogens with one attached hydrogen (secondary N) is 2. The van der Waals surface area contributed by atoms with E-state index in [1.807, 2.05) is 29.6 Å². The molecule has 0 fully saturated rings. The molecule has 2 aromatic carbocycles. The summed E-state index contributed by atoms with van der Waals surface area (Å²) in [7, 11) is 0. The number of phenols is 1. The van der Waals surface area contributed by atoms with Crippen molar-refractivity contribution in [2.24, 2.45) is 0 Å². The molecule has 0 aliphatic heterocycles. The van der Waals surface area contributed by atoms with Crippen LogP contribution in [0.2, 0.25) is 0 Å². The second-order valence-electron chi connectivity index (χ2n) is 5.87. The molecule has 8 heteroatoms. The molecule has 1 aromatic heterocycles. The van der Waals surface area contributed by atoms with Crippen molar-refractivity contribution in [3.05, 3.63) is 53.4 Å². The van der Waals surface area contributed by atoms with Crippen molar-refractivity contribution in [2.45, 2.75) is 13.8 Å². The molecule has 1 heterocycles. The van der Waals surface area contributed by atoms with Gasteiger partial charge in [-0.1, -0.05) is 12.1 Å². The maximum absolute atomic E-state index is 11.7. The van der Waals surface area contributed by atoms with Crippen LogP contribution in [0.15, 0.2) is 47.8 Å². The zero-order chi connectivity index (χ0) is 20.1. The fraction of sp³-hybridized carbons (Fsp3) is 0.150. The molecule has 144 valence electrons. The van der Waals surface area contributed by atoms with Crippen molar-refractivity contribution >= 4 is 39.7 Å². The Morgan fingerprint density at radius 2 is 1.86 bits per heavy atom. The zero-order valence-corrected chi connectivity index (χ0v) is 16.2. The van der Waals surface area contributed by atoms with Gasteiger partial charge in [0.2, 0.25) is 5.91 Å². The third kappa shape index (κ3) is 4.66. The third-order valence-corrected chi connectivity index (χ3v) is 4.51. The van der Waals surface area contributed by atoms with Crippen LogP contribution >= 0.6 is 11.3 Å². The summed E-state index contributed by atoms with van der Waals surface area (Å²) in [5.74, 6) is -0.843. The number of rotatable bonds is 6. The summed E-state index contributed by atoms with van der Waals surface area (Å²) >= 11 is 1.41. The van der Waals surface area contributed by atoms with Crippen molar-refractivity contribution in [1.29, 1.82) is 0 Å². The third-order valence-electron chi connectivity index (χ3n) is 3.75. The van der Waals surface area contributed by atoms with Crippen molar-refractivity contribution in [1.82, 2.24) is 4.98 Å². The molecule has 0 spiro atoms. The average molecular weight is 397 g/mol. The molecule has 3 N–H and O–H groups in total. The van der Waals surface area contributed by atoms with E-state index >= 15 is 0 Å². The molecule has 3 aromatic rings. The lowest BCUT2D eigenvalue weighted by Gasteiger charge is -2.07. The van der Waals surface area contributed by atoms with Gasteiger partial charge in [0.1, 0.15) is 11.3 Å². The van der Waals surface area contributed by atoms with E-state index in [0.29, 0.717) is 10.8 Å². The summed E-state index contributed by atoms with van der Waals surface area (Å²) < 4.78 is 4.90. The summed E-state index contributed by atoms with van der Waals surface area (Å²) in [6.07, 6.45) is 0. The zero-order valence-electron chi connectivity index (χ0n) is 15.4. The van der Waals surface area contributed by atoms with E-state index in [1.165, 1.54) is 30.4 Å². The van der Waals surface area contributed by atoms with Gasteiger partial charge in [0, 0.05) is 35.3 Å². The van der Waals surface area contributed by atoms with Crippen LogP contribution in [-0.2, 0) is 9.53 Å². The van der Waals surface area contributed by atoms with Crippen LogP contribution in [-0.4, -0.2) is 28.6 Å². The lowest BCUT2D eigenvalue weighted by Crippen LogP contribution is -2.05. The predicted molar refractivity (Wildman–Crippen MR) is 109 cm³/mol. The van der Waals surface area contributed by atoms with Crippen LogP contribution in [0, 0.1) is 0 Å². The molecule has 3 rings (SSSR count). The Balaban J connectivity index is 1.71. The Kier molecular flexibility index (Phi) is 5.90. The minimum Gasteiger partial charge on any atom is -0.507 e. The monoisotopic (exact) mass is 397 g/mol. The molecule has 0 aliphatic carbocycles. The molecule has 28 heavy (non-hydrogen) atoms. The second-order valence-corrected chi connectivity index (χ2v) is 6.73. The standard InChI is InChI=1S/C20H19N3O4S/c1-3-27-19(26)16-9-8-15(10-18(16)25)22-20-23-17(11-28-20)13-4-6-14(7-5-13)21-12(2)24/h4-11,25H,3H2,1-2H3,(H,21,24)(H,22,23). The maximum atomic E-state index is 11.7. The van der Waals surface area contributed by atoms with Gasteiger partial charge in [0.05, 0.1) is 12.3 Å². The highest BCUT2D eigenvalue weighted by Crippen LogP contribution is 2.30. The summed E-state index contributed by atoms with van der Waals surface area (Å²) in [5.41, 5.74) is 3.15. The largest absolute Gasteiger partial charge is 0.507 e. The Morgan fingerprint density at radius 3 is 2.50 bits per heavy atom. The molecule has 0 bridgehead atoms. The molecule has 1 amide bonds. The average Bonchev–Trinajstić information content (AvgIpc) is 3.10. The molecule has 0 saturated heterocycles. The first-order valence-corrected chi connectivity index (χ1v) is 9.45. The smallest absolute Gasteiger partial charge is 0.341 e. The summed E-state index contributed by atoms with van der Waals surface area (Å²) in [5, 5.41) is 18.4. The van der Waals surface area contributed by atoms with Gasteiger partial charge in [0.25, 0.3) is 0 Å². The van der Waals surface area contributed by atoms with Gasteiger partial charge < -0.3 is 20.5 Å². The normalized spacial score (nSPS) is 10.4. The number of esters is 1. The summed E-state index contributed by atoms with van der Waals surface area (Å²) in [6, 6.07) is 12.0. The highest BCUT2D eigenvalue weighted by molar-refractivity contribution is 7.14. The van der Waals surface area contributed by atoms with Crippen LogP contribution in [0.4, 0.5) is 16.5 Å². The molecule has 0 radical (unpaired) electrons. The number of nitrogens with zero attached hydrogens (tertiary/aromatic N) is 1. The van der Waals surface area contributed by atoms with Crippen molar-refractivity contribution in [3.8, 4) is 17.0 Å². The van der Waals surface area contributed by atoms with Crippen molar-refractivity contribution in [3.63, 3.8) is 0 Å². The van der Waals surface area contributed by atoms with Crippen molar-refractivity contribution < 1.29 is 19.4 Å². The topological polar surface area (TPSA) is 101 Å². The van der Waals surface area contributed by atoms with E-state index in [4.69, 9.17) is 4.74 Å². The van der Waals surface area contributed by atoms with E-state index in [0.717, 1.165) is 16.9 Å². The number of hydrogen-bond donors (Lipinski definition) is 3. The van der Waals surface area contributed by atoms with E-state index in [-0.39, 0.29) is 23.8 Å². The number of amides is 1. The van der Waals surface area contributed by atoms with Crippen molar-refractivity contribution in [2.75, 3.05) is 17.2 Å². The fourth-order valence-corrected chi connectivity index (χ4v) is 3.25. The lowest BCUT2D eigenvalue weighted by molar-refractivity contribution is -0.114. The molecule has 0 atom stereocenters. The van der Waals surface area contributed by atoms with E-state index in [1.54, 1.807) is 13.0 Å². The highest BCUT2D eigenvalue weighted by Gasteiger charge is 2.13. The van der Waals surface area contributed by atoms with Gasteiger partial charge in [-0.15, -0.1) is 11.3 Å². The minimum absolute atomic E-state index is 0.117. The number of aromatic nitrogens is 1. The van der Waals surface area contributed by atoms with Gasteiger partial charge >= 0.3 is 5.97 Å². The summed E-state index contributed by atoms with van der Waals surface area (Å²) in [6.45, 7) is 3.41. The number of aromatic hydroxyl groups is 1. The number of phenolic OH excluding ortho intramolecular Hbond substituents is 1. The van der Waals surface area contributed by atoms with Crippen LogP contribution in [0.3, 0.4) is 0 Å². The Bertz CT molecular complexity index is 999. The van der Waals surface area contributed by atoms with E-state index < -0.39 is 5.97 Å². The first kappa shape index (κ1) is 19.4. The SMILES string of the molecule is CCOC(=O)c1ccc(Nc2nc(-c3ccc(NC(C)=O)cc3)cs2)cc1O. The number of thiazole rings is 1. The predicted octanol–water partition coefficient (Wildman–Crippen LogP) is 4.39. The first-order valence-electron chi connectivity index (χ1n) is 8.57. The number of hydrogen-bond acceptors (Lipinski definition) is 7. The van der Waals surface area contributed by atoms with Crippen LogP contribution in [0.5, 0.6) is 5.75 Å². The van der Waals surface area contributed by atoms with E-state index in [9.17, 15) is 14.7 Å². The Labute approximate surface area is 166 Å². The summed E-state index contributed by atoms with van der Waals surface area (Å²) in [4.78, 5) is 27.4. The number of carbonyl (C=O) groups is 2. The first-order chi connectivity index (χ1) is 13.5. The van der Waals surface area contributed by atoms with Gasteiger partial charge in [-0.2, -0.15) is 0 Å². The molecule has 0 saturated carbocycles.